The summed E-state index contributed by atoms with van der Waals surface area (Å²) in [5.74, 6) is 1.50. The number of nitriles is 1. The Kier molecular flexibility index (Phi) is 6.02. The lowest BCUT2D eigenvalue weighted by Crippen LogP contribution is -1.93. The van der Waals surface area contributed by atoms with E-state index in [-0.39, 0.29) is 0 Å². The van der Waals surface area contributed by atoms with Gasteiger partial charge in [0.05, 0.1) is 23.2 Å². The first-order chi connectivity index (χ1) is 11.2. The van der Waals surface area contributed by atoms with Gasteiger partial charge in [-0.1, -0.05) is 18.7 Å². The first-order valence-corrected chi connectivity index (χ1v) is 7.76. The van der Waals surface area contributed by atoms with Gasteiger partial charge in [0.2, 0.25) is 0 Å². The minimum Gasteiger partial charge on any atom is -0.497 e. The van der Waals surface area contributed by atoms with Gasteiger partial charge in [-0.3, -0.25) is 0 Å². The molecule has 0 spiro atoms. The van der Waals surface area contributed by atoms with Crippen LogP contribution in [0.15, 0.2) is 59.6 Å². The third-order valence-electron chi connectivity index (χ3n) is 3.15. The fourth-order valence-corrected chi connectivity index (χ4v) is 2.50. The Morgan fingerprint density at radius 3 is 2.57 bits per heavy atom. The van der Waals surface area contributed by atoms with Crippen LogP contribution in [0.3, 0.4) is 0 Å². The molecule has 0 saturated heterocycles. The molecule has 0 amide bonds. The van der Waals surface area contributed by atoms with Crippen LogP contribution in [0.1, 0.15) is 11.1 Å². The van der Waals surface area contributed by atoms with Gasteiger partial charge >= 0.3 is 0 Å². The molecule has 2 rings (SSSR count). The molecule has 4 heteroatoms. The Morgan fingerprint density at radius 2 is 2.00 bits per heavy atom. The molecule has 0 aliphatic carbocycles. The Labute approximate surface area is 144 Å². The van der Waals surface area contributed by atoms with E-state index in [4.69, 9.17) is 9.47 Å². The molecule has 0 heterocycles. The van der Waals surface area contributed by atoms with E-state index in [1.54, 1.807) is 13.2 Å². The number of hydrogen-bond donors (Lipinski definition) is 0. The minimum absolute atomic E-state index is 0.447. The second-order valence-electron chi connectivity index (χ2n) is 4.69. The van der Waals surface area contributed by atoms with Gasteiger partial charge in [-0.15, -0.1) is 0 Å². The van der Waals surface area contributed by atoms with E-state index in [1.807, 2.05) is 48.5 Å². The molecule has 0 saturated carbocycles. The molecule has 0 unspecified atom stereocenters. The monoisotopic (exact) mass is 369 g/mol. The SMILES string of the molecule is C=CCOc1ccc(/C=C(\C#N)c2ccc(OC)cc2)cc1Br. The predicted molar refractivity (Wildman–Crippen MR) is 96.3 cm³/mol. The standard InChI is InChI=1S/C19H16BrNO2/c1-3-10-23-19-9-4-14(12-18(19)20)11-16(13-21)15-5-7-17(22-2)8-6-15/h3-9,11-12H,1,10H2,2H3/b16-11+. The topological polar surface area (TPSA) is 42.2 Å². The van der Waals surface area contributed by atoms with Gasteiger partial charge in [-0.2, -0.15) is 5.26 Å². The maximum Gasteiger partial charge on any atom is 0.133 e. The third-order valence-corrected chi connectivity index (χ3v) is 3.76. The lowest BCUT2D eigenvalue weighted by Gasteiger charge is -2.07. The highest BCUT2D eigenvalue weighted by molar-refractivity contribution is 9.10. The van der Waals surface area contributed by atoms with Crippen LogP contribution in [0.25, 0.3) is 11.6 Å². The quantitative estimate of drug-likeness (QED) is 0.404. The minimum atomic E-state index is 0.447. The number of allylic oxidation sites excluding steroid dienone is 1. The Balaban J connectivity index is 2.28. The summed E-state index contributed by atoms with van der Waals surface area (Å²) >= 11 is 3.48. The van der Waals surface area contributed by atoms with Crippen molar-refractivity contribution in [3.05, 3.63) is 70.7 Å². The highest BCUT2D eigenvalue weighted by Crippen LogP contribution is 2.28. The number of methoxy groups -OCH3 is 1. The van der Waals surface area contributed by atoms with Crippen molar-refractivity contribution in [3.8, 4) is 17.6 Å². The summed E-state index contributed by atoms with van der Waals surface area (Å²) in [6, 6.07) is 15.3. The van der Waals surface area contributed by atoms with E-state index in [1.165, 1.54) is 0 Å². The second-order valence-corrected chi connectivity index (χ2v) is 5.54. The molecule has 23 heavy (non-hydrogen) atoms. The van der Waals surface area contributed by atoms with E-state index in [0.717, 1.165) is 27.1 Å². The predicted octanol–water partition coefficient (Wildman–Crippen LogP) is 5.09. The van der Waals surface area contributed by atoms with Crippen LogP contribution in [0.4, 0.5) is 0 Å². The summed E-state index contributed by atoms with van der Waals surface area (Å²) in [5.41, 5.74) is 2.34. The molecule has 0 aromatic heterocycles. The summed E-state index contributed by atoms with van der Waals surface area (Å²) in [6.45, 7) is 4.07. The first kappa shape index (κ1) is 16.9. The summed E-state index contributed by atoms with van der Waals surface area (Å²) < 4.78 is 11.5. The lowest BCUT2D eigenvalue weighted by atomic mass is 10.0. The molecule has 0 aliphatic rings. The van der Waals surface area contributed by atoms with Crippen LogP contribution in [0.5, 0.6) is 11.5 Å². The smallest absolute Gasteiger partial charge is 0.133 e. The van der Waals surface area contributed by atoms with Gasteiger partial charge in [0.25, 0.3) is 0 Å². The normalized spacial score (nSPS) is 10.7. The molecular formula is C19H16BrNO2. The van der Waals surface area contributed by atoms with Crippen molar-refractivity contribution in [2.75, 3.05) is 13.7 Å². The van der Waals surface area contributed by atoms with E-state index in [2.05, 4.69) is 28.6 Å². The molecule has 0 radical (unpaired) electrons. The zero-order valence-corrected chi connectivity index (χ0v) is 14.3. The average molecular weight is 370 g/mol. The van der Waals surface area contributed by atoms with Crippen molar-refractivity contribution >= 4 is 27.6 Å². The average Bonchev–Trinajstić information content (AvgIpc) is 2.59. The molecule has 3 nitrogen and oxygen atoms in total. The fourth-order valence-electron chi connectivity index (χ4n) is 1.99. The van der Waals surface area contributed by atoms with Crippen molar-refractivity contribution in [1.82, 2.24) is 0 Å². The van der Waals surface area contributed by atoms with Crippen LogP contribution >= 0.6 is 15.9 Å². The van der Waals surface area contributed by atoms with Gasteiger partial charge in [0.1, 0.15) is 18.1 Å². The Bertz CT molecular complexity index is 758. The summed E-state index contributed by atoms with van der Waals surface area (Å²) in [4.78, 5) is 0. The van der Waals surface area contributed by atoms with E-state index in [9.17, 15) is 5.26 Å². The number of rotatable bonds is 6. The molecule has 2 aromatic carbocycles. The molecule has 2 aromatic rings. The molecule has 0 atom stereocenters. The van der Waals surface area contributed by atoms with Crippen LogP contribution in [-0.2, 0) is 0 Å². The number of nitrogens with zero attached hydrogens (tertiary/aromatic N) is 1. The van der Waals surface area contributed by atoms with Crippen LogP contribution in [0.2, 0.25) is 0 Å². The van der Waals surface area contributed by atoms with E-state index >= 15 is 0 Å². The Hall–Kier alpha value is -2.51. The first-order valence-electron chi connectivity index (χ1n) is 6.97. The van der Waals surface area contributed by atoms with E-state index < -0.39 is 0 Å². The fraction of sp³-hybridized carbons (Fsp3) is 0.105. The maximum atomic E-state index is 9.41. The van der Waals surface area contributed by atoms with Gasteiger partial charge in [-0.05, 0) is 69.5 Å². The van der Waals surface area contributed by atoms with Crippen molar-refractivity contribution in [3.63, 3.8) is 0 Å². The molecule has 0 aliphatic heterocycles. The molecule has 0 fully saturated rings. The zero-order chi connectivity index (χ0) is 16.7. The molecule has 0 N–H and O–H groups in total. The molecule has 0 bridgehead atoms. The van der Waals surface area contributed by atoms with E-state index in [0.29, 0.717) is 12.2 Å². The van der Waals surface area contributed by atoms with Crippen LogP contribution < -0.4 is 9.47 Å². The summed E-state index contributed by atoms with van der Waals surface area (Å²) in [5, 5.41) is 9.41. The number of benzene rings is 2. The largest absolute Gasteiger partial charge is 0.497 e. The van der Waals surface area contributed by atoms with Crippen LogP contribution in [-0.4, -0.2) is 13.7 Å². The molecular weight excluding hydrogens is 354 g/mol. The van der Waals surface area contributed by atoms with Crippen molar-refractivity contribution in [2.45, 2.75) is 0 Å². The van der Waals surface area contributed by atoms with Gasteiger partial charge in [0.15, 0.2) is 0 Å². The third kappa shape index (κ3) is 4.48. The van der Waals surface area contributed by atoms with Gasteiger partial charge < -0.3 is 9.47 Å². The highest BCUT2D eigenvalue weighted by Gasteiger charge is 2.05. The summed E-state index contributed by atoms with van der Waals surface area (Å²) in [6.07, 6.45) is 3.53. The molecule has 116 valence electrons. The lowest BCUT2D eigenvalue weighted by molar-refractivity contribution is 0.361. The number of halogens is 1. The summed E-state index contributed by atoms with van der Waals surface area (Å²) in [7, 11) is 1.61. The Morgan fingerprint density at radius 1 is 1.26 bits per heavy atom. The van der Waals surface area contributed by atoms with Crippen molar-refractivity contribution in [1.29, 1.82) is 5.26 Å². The highest BCUT2D eigenvalue weighted by atomic mass is 79.9. The zero-order valence-electron chi connectivity index (χ0n) is 12.8. The van der Waals surface area contributed by atoms with Crippen molar-refractivity contribution in [2.24, 2.45) is 0 Å². The maximum absolute atomic E-state index is 9.41. The second kappa shape index (κ2) is 8.21. The number of ether oxygens (including phenoxy) is 2. The van der Waals surface area contributed by atoms with Crippen LogP contribution in [0, 0.1) is 11.3 Å². The van der Waals surface area contributed by atoms with Gasteiger partial charge in [0, 0.05) is 0 Å². The van der Waals surface area contributed by atoms with Crippen molar-refractivity contribution < 1.29 is 9.47 Å². The van der Waals surface area contributed by atoms with Gasteiger partial charge in [-0.25, -0.2) is 0 Å². The number of hydrogen-bond acceptors (Lipinski definition) is 3.